The summed E-state index contributed by atoms with van der Waals surface area (Å²) in [4.78, 5) is 120. The summed E-state index contributed by atoms with van der Waals surface area (Å²) >= 11 is -0.00462. The number of aromatic hydroxyl groups is 1. The maximum Gasteiger partial charge on any atom is 1.00 e. The quantitative estimate of drug-likeness (QED) is 0.0102. The molecule has 32 heteroatoms. The third-order valence-electron chi connectivity index (χ3n) is 19.0. The molecule has 13 atom stereocenters. The van der Waals surface area contributed by atoms with Crippen molar-refractivity contribution in [3.8, 4) is 22.6 Å². The van der Waals surface area contributed by atoms with Crippen molar-refractivity contribution in [2.75, 3.05) is 46.0 Å². The molecular weight excluding hydrogens is 1350 g/mol. The Balaban J connectivity index is 0.0000161. The molecule has 1 unspecified atom stereocenters. The van der Waals surface area contributed by atoms with Gasteiger partial charge in [-0.3, -0.25) is 38.6 Å². The number of aliphatic hydroxyl groups is 8. The molecule has 14 N–H and O–H groups in total. The zero-order valence-electron chi connectivity index (χ0n) is 57.8. The largest absolute Gasteiger partial charge is 1.00 e. The van der Waals surface area contributed by atoms with Crippen LogP contribution in [0, 0.1) is 5.92 Å². The number of carbonyl (C=O) groups is 8. The maximum absolute atomic E-state index is 15.4. The second-order valence-corrected chi connectivity index (χ2v) is 26.9. The fourth-order valence-electron chi connectivity index (χ4n) is 13.5. The number of rotatable bonds is 32. The predicted octanol–water partition coefficient (Wildman–Crippen LogP) is -2.33. The molecule has 3 heterocycles. The van der Waals surface area contributed by atoms with Crippen molar-refractivity contribution >= 4 is 59.8 Å². The first kappa shape index (κ1) is 83.7. The minimum Gasteiger partial charge on any atom is -0.691 e. The topological polar surface area (TPSA) is 448 Å². The molecule has 3 aromatic rings. The molecule has 4 aliphatic rings. The normalized spacial score (nSPS) is 23.9. The average molecular weight is 1450 g/mol. The summed E-state index contributed by atoms with van der Waals surface area (Å²) in [6.45, 7) is 0.624. The van der Waals surface area contributed by atoms with Crippen molar-refractivity contribution in [3.05, 3.63) is 83.4 Å². The number of aliphatic hydroxyl groups excluding tert-OH is 8. The van der Waals surface area contributed by atoms with E-state index in [4.69, 9.17) is 8.92 Å². The van der Waals surface area contributed by atoms with Gasteiger partial charge >= 0.3 is 35.7 Å². The monoisotopic (exact) mass is 1450 g/mol. The Kier molecular flexibility index (Phi) is 34.7. The fourth-order valence-corrected chi connectivity index (χ4v) is 13.7. The second kappa shape index (κ2) is 41.9. The van der Waals surface area contributed by atoms with Gasteiger partial charge in [0.1, 0.15) is 42.9 Å². The number of amides is 8. The van der Waals surface area contributed by atoms with E-state index < -0.39 is 209 Å². The van der Waals surface area contributed by atoms with Gasteiger partial charge in [-0.05, 0) is 59.7 Å². The number of unbranched alkanes of at least 4 members (excludes halogenated alkanes) is 12. The molecule has 3 aliphatic heterocycles. The molecule has 0 bridgehead atoms. The van der Waals surface area contributed by atoms with Crippen molar-refractivity contribution in [1.29, 1.82) is 0 Å². The molecule has 7 rings (SSSR count). The van der Waals surface area contributed by atoms with Crippen molar-refractivity contribution in [1.82, 2.24) is 41.3 Å². The molecular formula is C69H99N8NaO22S. The number of β-amino-alcohol motifs (C(OH)–C–C–N with tert-alkyl or cyclic N) is 1. The van der Waals surface area contributed by atoms with E-state index >= 15 is 9.59 Å². The Bertz CT molecular complexity index is 3150. The van der Waals surface area contributed by atoms with E-state index in [9.17, 15) is 80.0 Å². The SMILES string of the molecule is CCCCCCCCCCCCCCCC(=O)NC1C[C@@H](O)CNC(=O)[C@@H]2[C@@H](O)[C@@H](C)CN2C(=O)[C@H]([C@H](O)CCN(C(=O)OCC2c3ccccc3-c3ccccc32)C(CO)CO)NC(=O)[C@H]([C@H](O)Cc2ccc(O)c(OSOO[O-])c2)NC(=O)[C@@H]2C[C@@H](O)CN2C(=O)[C@H]([C@@H](C)O)NC1=O.[Na+]. The Morgan fingerprint density at radius 1 is 0.713 bits per heavy atom. The van der Waals surface area contributed by atoms with Gasteiger partial charge in [-0.25, -0.2) is 4.79 Å². The summed E-state index contributed by atoms with van der Waals surface area (Å²) in [6.07, 6.45) is -0.715. The summed E-state index contributed by atoms with van der Waals surface area (Å²) in [7, 11) is 0. The third-order valence-corrected chi connectivity index (χ3v) is 19.4. The van der Waals surface area contributed by atoms with Crippen LogP contribution in [-0.4, -0.2) is 233 Å². The number of carbonyl (C=O) groups excluding carboxylic acids is 8. The third kappa shape index (κ3) is 23.4. The van der Waals surface area contributed by atoms with Crippen molar-refractivity contribution in [2.45, 2.75) is 221 Å². The van der Waals surface area contributed by atoms with Gasteiger partial charge in [0.2, 0.25) is 41.4 Å². The van der Waals surface area contributed by atoms with Crippen LogP contribution >= 0.6 is 12.3 Å². The maximum atomic E-state index is 15.4. The number of phenols is 1. The van der Waals surface area contributed by atoms with Gasteiger partial charge < -0.3 is 101 Å². The van der Waals surface area contributed by atoms with Gasteiger partial charge in [0.05, 0.1) is 55.9 Å². The first-order chi connectivity index (χ1) is 48.0. The molecule has 0 saturated carbocycles. The Hall–Kier alpha value is -6.27. The van der Waals surface area contributed by atoms with Crippen LogP contribution in [-0.2, 0) is 54.1 Å². The van der Waals surface area contributed by atoms with Crippen molar-refractivity contribution in [3.63, 3.8) is 0 Å². The number of nitrogens with zero attached hydrogens (tertiary/aromatic N) is 3. The molecule has 3 fully saturated rings. The summed E-state index contributed by atoms with van der Waals surface area (Å²) in [5.41, 5.74) is 3.62. The van der Waals surface area contributed by atoms with Crippen LogP contribution in [0.3, 0.4) is 0 Å². The first-order valence-electron chi connectivity index (χ1n) is 34.6. The Labute approximate surface area is 614 Å². The number of ether oxygens (including phenoxy) is 1. The van der Waals surface area contributed by atoms with Crippen LogP contribution in [0.25, 0.3) is 11.1 Å². The molecule has 3 aromatic carbocycles. The second-order valence-electron chi connectivity index (χ2n) is 26.5. The van der Waals surface area contributed by atoms with E-state index in [1.807, 2.05) is 48.5 Å². The smallest absolute Gasteiger partial charge is 0.691 e. The van der Waals surface area contributed by atoms with Gasteiger partial charge in [-0.2, -0.15) is 0 Å². The fraction of sp³-hybridized carbons (Fsp3) is 0.623. The van der Waals surface area contributed by atoms with E-state index in [0.29, 0.717) is 12.8 Å². The Morgan fingerprint density at radius 2 is 1.30 bits per heavy atom. The van der Waals surface area contributed by atoms with Gasteiger partial charge in [0, 0.05) is 63.7 Å². The van der Waals surface area contributed by atoms with Gasteiger partial charge in [0.15, 0.2) is 11.5 Å². The molecule has 0 spiro atoms. The van der Waals surface area contributed by atoms with Crippen LogP contribution in [0.4, 0.5) is 4.79 Å². The summed E-state index contributed by atoms with van der Waals surface area (Å²) < 4.78 is 15.2. The first-order valence-corrected chi connectivity index (χ1v) is 35.3. The number of hydrogen-bond donors (Lipinski definition) is 14. The zero-order valence-corrected chi connectivity index (χ0v) is 60.6. The minimum absolute atomic E-state index is 0. The number of hydrogen-bond acceptors (Lipinski definition) is 23. The summed E-state index contributed by atoms with van der Waals surface area (Å²) in [5, 5.41) is 128. The number of phenolic OH excluding ortho intramolecular Hbond substituents is 1. The standard InChI is InChI=1S/C69H100N8O22S.Na/c1-4-5-6-7-8-9-10-11-12-13-14-15-16-25-57(86)71-51-32-44(81)34-70-66(91)61-62(87)40(2)35-77(61)68(93)60(54(84)28-29-75(43(37-78)38-79)69(94)96-39-50-48-23-19-17-21-46(48)47-22-18-20-24-49(47)50)74-65(90)59(55(85)30-42-26-27-53(83)56(31-42)97-100-99-98-95)73-64(89)52-33-45(82)36-76(52)67(92)58(41(3)80)72-63(51)88;/h17-24,26-27,31,40-41,43-45,50-52,54-55,58-62,78-85,87,95H,4-16,25,28-30,32-39H2,1-3H3,(H,70,91)(H,71,86)(H,72,88)(H,73,89)(H,74,90);/q;+1/p-1/t40-,41+,44+,45+,51?,52-,54+,55+,58-,59-,60-,61-,62-;/m0./s1. The van der Waals surface area contributed by atoms with Crippen LogP contribution < -0.4 is 65.6 Å². The summed E-state index contributed by atoms with van der Waals surface area (Å²) in [5.74, 6) is -10.1. The molecule has 0 radical (unpaired) electrons. The van der Waals surface area contributed by atoms with Crippen LogP contribution in [0.5, 0.6) is 11.5 Å². The molecule has 1 aliphatic carbocycles. The number of fused-ring (bicyclic) bond motifs is 5. The predicted molar refractivity (Wildman–Crippen MR) is 359 cm³/mol. The average Bonchev–Trinajstić information content (AvgIpc) is 1.62. The zero-order chi connectivity index (χ0) is 72.6. The van der Waals surface area contributed by atoms with Crippen LogP contribution in [0.2, 0.25) is 0 Å². The van der Waals surface area contributed by atoms with Crippen molar-refractivity contribution in [2.24, 2.45) is 5.92 Å². The van der Waals surface area contributed by atoms with Crippen molar-refractivity contribution < 1.29 is 137 Å². The van der Waals surface area contributed by atoms with Crippen LogP contribution in [0.1, 0.15) is 153 Å². The van der Waals surface area contributed by atoms with E-state index in [-0.39, 0.29) is 66.2 Å². The Morgan fingerprint density at radius 3 is 1.90 bits per heavy atom. The van der Waals surface area contributed by atoms with Gasteiger partial charge in [0.25, 0.3) is 12.3 Å². The van der Waals surface area contributed by atoms with Gasteiger partial charge in [-0.1, -0.05) is 145 Å². The minimum atomic E-state index is -2.24. The number of benzene rings is 3. The van der Waals surface area contributed by atoms with Crippen LogP contribution in [0.15, 0.2) is 66.7 Å². The molecule has 101 heavy (non-hydrogen) atoms. The van der Waals surface area contributed by atoms with E-state index in [0.717, 1.165) is 88.1 Å². The summed E-state index contributed by atoms with van der Waals surface area (Å²) in [6, 6.07) is 5.53. The van der Waals surface area contributed by atoms with E-state index in [1.54, 1.807) is 0 Å². The molecule has 554 valence electrons. The molecule has 0 aromatic heterocycles. The molecule has 3 saturated heterocycles. The number of nitrogens with one attached hydrogen (secondary N) is 5. The molecule has 30 nitrogen and oxygen atoms in total. The molecule has 8 amide bonds. The van der Waals surface area contributed by atoms with Gasteiger partial charge in [-0.15, -0.1) is 4.33 Å². The van der Waals surface area contributed by atoms with E-state index in [1.165, 1.54) is 51.5 Å². The van der Waals surface area contributed by atoms with E-state index in [2.05, 4.69) is 42.9 Å².